The summed E-state index contributed by atoms with van der Waals surface area (Å²) >= 11 is 0. The second kappa shape index (κ2) is 7.67. The summed E-state index contributed by atoms with van der Waals surface area (Å²) in [7, 11) is 0. The lowest BCUT2D eigenvalue weighted by Crippen LogP contribution is -2.47. The molecule has 0 bridgehead atoms. The molecule has 1 aromatic rings. The van der Waals surface area contributed by atoms with Crippen molar-refractivity contribution in [3.8, 4) is 0 Å². The van der Waals surface area contributed by atoms with E-state index in [1.807, 2.05) is 0 Å². The molecule has 8 heteroatoms. The van der Waals surface area contributed by atoms with E-state index >= 15 is 0 Å². The number of carbonyl (C=O) groups is 1. The summed E-state index contributed by atoms with van der Waals surface area (Å²) in [6.07, 6.45) is 3.38. The van der Waals surface area contributed by atoms with Crippen molar-refractivity contribution in [1.82, 2.24) is 4.90 Å². The van der Waals surface area contributed by atoms with Gasteiger partial charge in [0.15, 0.2) is 5.79 Å². The number of rotatable bonds is 3. The summed E-state index contributed by atoms with van der Waals surface area (Å²) < 4.78 is 11.5. The quantitative estimate of drug-likeness (QED) is 0.584. The Bertz CT molecular complexity index is 744. The Kier molecular flexibility index (Phi) is 5.25. The van der Waals surface area contributed by atoms with Crippen LogP contribution in [0.2, 0.25) is 0 Å². The fraction of sp³-hybridized carbons (Fsp3) is 0.650. The number of non-ortho nitro benzene ring substituents is 1. The summed E-state index contributed by atoms with van der Waals surface area (Å²) in [6.45, 7) is 6.20. The van der Waals surface area contributed by atoms with Gasteiger partial charge in [-0.25, -0.2) is 0 Å². The van der Waals surface area contributed by atoms with Crippen LogP contribution in [0.25, 0.3) is 0 Å². The maximum absolute atomic E-state index is 13.3. The Balaban J connectivity index is 1.56. The number of ether oxygens (including phenoxy) is 2. The maximum Gasteiger partial charge on any atom is 0.270 e. The maximum atomic E-state index is 13.3. The molecule has 3 saturated heterocycles. The number of benzene rings is 1. The molecule has 0 aromatic heterocycles. The molecular weight excluding hydrogens is 362 g/mol. The van der Waals surface area contributed by atoms with Crippen molar-refractivity contribution in [1.29, 1.82) is 0 Å². The lowest BCUT2D eigenvalue weighted by atomic mass is 9.97. The number of nitrogens with zero attached hydrogens (tertiary/aromatic N) is 3. The van der Waals surface area contributed by atoms with Crippen LogP contribution in [0.15, 0.2) is 18.2 Å². The van der Waals surface area contributed by atoms with E-state index in [2.05, 4.69) is 11.8 Å². The Labute approximate surface area is 164 Å². The number of piperidine rings is 2. The number of amides is 1. The standard InChI is InChI=1S/C20H27N3O5/c1-15-4-8-21(9-5-15)18-3-2-16(23(25)26)14-17(18)19(24)22-10-6-20(7-11-22)27-12-13-28-20/h2-3,14-15H,4-13H2,1H3. The molecule has 0 unspecified atom stereocenters. The summed E-state index contributed by atoms with van der Waals surface area (Å²) in [5.41, 5.74) is 1.18. The first-order valence-electron chi connectivity index (χ1n) is 10.1. The molecule has 1 spiro atoms. The van der Waals surface area contributed by atoms with Gasteiger partial charge in [0.05, 0.1) is 29.4 Å². The van der Waals surface area contributed by atoms with Crippen molar-refractivity contribution >= 4 is 17.3 Å². The molecule has 0 atom stereocenters. The zero-order valence-electron chi connectivity index (χ0n) is 16.3. The Hall–Kier alpha value is -2.19. The van der Waals surface area contributed by atoms with Crippen molar-refractivity contribution in [2.24, 2.45) is 5.92 Å². The predicted octanol–water partition coefficient (Wildman–Crippen LogP) is 2.81. The molecule has 3 aliphatic rings. The second-order valence-electron chi connectivity index (χ2n) is 8.03. The third-order valence-corrected chi connectivity index (χ3v) is 6.17. The zero-order chi connectivity index (χ0) is 19.7. The van der Waals surface area contributed by atoms with Gasteiger partial charge in [0.25, 0.3) is 11.6 Å². The minimum absolute atomic E-state index is 0.0478. The van der Waals surface area contributed by atoms with Gasteiger partial charge in [0.1, 0.15) is 0 Å². The van der Waals surface area contributed by atoms with Crippen LogP contribution in [-0.2, 0) is 9.47 Å². The van der Waals surface area contributed by atoms with E-state index in [-0.39, 0.29) is 11.6 Å². The summed E-state index contributed by atoms with van der Waals surface area (Å²) in [5, 5.41) is 11.3. The molecule has 8 nitrogen and oxygen atoms in total. The van der Waals surface area contributed by atoms with Gasteiger partial charge < -0.3 is 19.3 Å². The van der Waals surface area contributed by atoms with Gasteiger partial charge in [-0.3, -0.25) is 14.9 Å². The van der Waals surface area contributed by atoms with E-state index in [0.717, 1.165) is 31.6 Å². The van der Waals surface area contributed by atoms with Crippen LogP contribution in [0.5, 0.6) is 0 Å². The Morgan fingerprint density at radius 1 is 1.14 bits per heavy atom. The van der Waals surface area contributed by atoms with Gasteiger partial charge in [-0.1, -0.05) is 6.92 Å². The van der Waals surface area contributed by atoms with Gasteiger partial charge in [0, 0.05) is 51.2 Å². The van der Waals surface area contributed by atoms with E-state index < -0.39 is 10.7 Å². The molecule has 3 heterocycles. The number of nitro benzene ring substituents is 1. The van der Waals surface area contributed by atoms with Gasteiger partial charge in [0.2, 0.25) is 0 Å². The van der Waals surface area contributed by atoms with Crippen molar-refractivity contribution in [2.75, 3.05) is 44.3 Å². The lowest BCUT2D eigenvalue weighted by Gasteiger charge is -2.38. The van der Waals surface area contributed by atoms with Crippen LogP contribution in [-0.4, -0.2) is 60.9 Å². The van der Waals surface area contributed by atoms with Crippen molar-refractivity contribution in [2.45, 2.75) is 38.4 Å². The Morgan fingerprint density at radius 2 is 1.79 bits per heavy atom. The molecule has 152 valence electrons. The van der Waals surface area contributed by atoms with Crippen LogP contribution in [0.4, 0.5) is 11.4 Å². The summed E-state index contributed by atoms with van der Waals surface area (Å²) in [6, 6.07) is 4.66. The van der Waals surface area contributed by atoms with Crippen molar-refractivity contribution in [3.05, 3.63) is 33.9 Å². The summed E-state index contributed by atoms with van der Waals surface area (Å²) in [5.74, 6) is -0.0333. The van der Waals surface area contributed by atoms with E-state index in [1.165, 1.54) is 12.1 Å². The number of carbonyl (C=O) groups excluding carboxylic acids is 1. The molecule has 3 fully saturated rings. The molecule has 3 aliphatic heterocycles. The minimum atomic E-state index is -0.550. The molecule has 0 saturated carbocycles. The fourth-order valence-corrected chi connectivity index (χ4v) is 4.34. The normalized spacial score (nSPS) is 22.6. The monoisotopic (exact) mass is 389 g/mol. The highest BCUT2D eigenvalue weighted by Gasteiger charge is 2.41. The fourth-order valence-electron chi connectivity index (χ4n) is 4.34. The smallest absolute Gasteiger partial charge is 0.270 e. The minimum Gasteiger partial charge on any atom is -0.371 e. The number of hydrogen-bond donors (Lipinski definition) is 0. The molecule has 1 amide bonds. The van der Waals surface area contributed by atoms with E-state index in [4.69, 9.17) is 9.47 Å². The molecule has 0 radical (unpaired) electrons. The highest BCUT2D eigenvalue weighted by molar-refractivity contribution is 6.00. The van der Waals surface area contributed by atoms with E-state index in [1.54, 1.807) is 11.0 Å². The second-order valence-corrected chi connectivity index (χ2v) is 8.03. The topological polar surface area (TPSA) is 85.2 Å². The Morgan fingerprint density at radius 3 is 2.39 bits per heavy atom. The highest BCUT2D eigenvalue weighted by atomic mass is 16.7. The molecule has 1 aromatic carbocycles. The molecule has 0 aliphatic carbocycles. The molecule has 4 rings (SSSR count). The van der Waals surface area contributed by atoms with Gasteiger partial charge in [-0.15, -0.1) is 0 Å². The van der Waals surface area contributed by atoms with Gasteiger partial charge in [-0.05, 0) is 24.8 Å². The van der Waals surface area contributed by atoms with Crippen LogP contribution < -0.4 is 4.90 Å². The third-order valence-electron chi connectivity index (χ3n) is 6.17. The lowest BCUT2D eigenvalue weighted by molar-refractivity contribution is -0.384. The first kappa shape index (κ1) is 19.1. The number of anilines is 1. The van der Waals surface area contributed by atoms with Crippen LogP contribution in [0.1, 0.15) is 43.0 Å². The number of likely N-dealkylation sites (tertiary alicyclic amines) is 1. The van der Waals surface area contributed by atoms with Gasteiger partial charge >= 0.3 is 0 Å². The SMILES string of the molecule is CC1CCN(c2ccc([N+](=O)[O-])cc2C(=O)N2CCC3(CC2)OCCO3)CC1. The average molecular weight is 389 g/mol. The average Bonchev–Trinajstić information content (AvgIpc) is 3.16. The van der Waals surface area contributed by atoms with Crippen molar-refractivity contribution < 1.29 is 19.2 Å². The van der Waals surface area contributed by atoms with E-state index in [0.29, 0.717) is 50.6 Å². The first-order chi connectivity index (χ1) is 13.5. The summed E-state index contributed by atoms with van der Waals surface area (Å²) in [4.78, 5) is 28.1. The number of hydrogen-bond acceptors (Lipinski definition) is 6. The third kappa shape index (κ3) is 3.71. The van der Waals surface area contributed by atoms with E-state index in [9.17, 15) is 14.9 Å². The van der Waals surface area contributed by atoms with Gasteiger partial charge in [-0.2, -0.15) is 0 Å². The first-order valence-corrected chi connectivity index (χ1v) is 10.1. The highest BCUT2D eigenvalue weighted by Crippen LogP contribution is 2.34. The van der Waals surface area contributed by atoms with Crippen LogP contribution >= 0.6 is 0 Å². The zero-order valence-corrected chi connectivity index (χ0v) is 16.3. The molecule has 28 heavy (non-hydrogen) atoms. The molecular formula is C20H27N3O5. The molecule has 0 N–H and O–H groups in total. The van der Waals surface area contributed by atoms with Crippen molar-refractivity contribution in [3.63, 3.8) is 0 Å². The number of nitro groups is 1. The predicted molar refractivity (Wildman–Crippen MR) is 103 cm³/mol. The van der Waals surface area contributed by atoms with Crippen LogP contribution in [0, 0.1) is 16.0 Å². The van der Waals surface area contributed by atoms with Crippen LogP contribution in [0.3, 0.4) is 0 Å². The largest absolute Gasteiger partial charge is 0.371 e.